The molecule has 0 saturated carbocycles. The summed E-state index contributed by atoms with van der Waals surface area (Å²) in [5.74, 6) is -0.397. The third-order valence-electron chi connectivity index (χ3n) is 2.28. The van der Waals surface area contributed by atoms with Crippen LogP contribution in [0, 0.1) is 5.82 Å². The van der Waals surface area contributed by atoms with Gasteiger partial charge in [-0.15, -0.1) is 0 Å². The van der Waals surface area contributed by atoms with Crippen molar-refractivity contribution in [2.75, 3.05) is 5.43 Å². The van der Waals surface area contributed by atoms with Gasteiger partial charge in [0.15, 0.2) is 0 Å². The van der Waals surface area contributed by atoms with Crippen LogP contribution in [0.15, 0.2) is 48.5 Å². The van der Waals surface area contributed by atoms with E-state index < -0.39 is 5.82 Å². The normalized spacial score (nSPS) is 10.2. The number of hydrazine groups is 1. The van der Waals surface area contributed by atoms with Crippen LogP contribution in [0.3, 0.4) is 0 Å². The summed E-state index contributed by atoms with van der Waals surface area (Å²) in [6, 6.07) is 14.4. The van der Waals surface area contributed by atoms with Crippen LogP contribution in [0.5, 0.6) is 0 Å². The van der Waals surface area contributed by atoms with Gasteiger partial charge in [-0.2, -0.15) is 0 Å². The first-order valence-electron chi connectivity index (χ1n) is 5.23. The fourth-order valence-corrected chi connectivity index (χ4v) is 1.62. The Morgan fingerprint density at radius 1 is 1.06 bits per heavy atom. The molecule has 4 heteroatoms. The molecule has 0 unspecified atom stereocenters. The van der Waals surface area contributed by atoms with Gasteiger partial charge in [-0.05, 0) is 29.8 Å². The van der Waals surface area contributed by atoms with Crippen LogP contribution < -0.4 is 10.9 Å². The molecule has 0 saturated heterocycles. The maximum atomic E-state index is 12.9. The van der Waals surface area contributed by atoms with Crippen molar-refractivity contribution in [1.82, 2.24) is 5.43 Å². The fourth-order valence-electron chi connectivity index (χ4n) is 1.42. The maximum Gasteiger partial charge on any atom is 0.141 e. The van der Waals surface area contributed by atoms with Gasteiger partial charge >= 0.3 is 0 Å². The van der Waals surface area contributed by atoms with E-state index >= 15 is 0 Å². The molecule has 2 rings (SSSR count). The third kappa shape index (κ3) is 3.44. The molecule has 17 heavy (non-hydrogen) atoms. The zero-order valence-electron chi connectivity index (χ0n) is 9.08. The first-order chi connectivity index (χ1) is 8.25. The van der Waals surface area contributed by atoms with E-state index in [0.717, 1.165) is 11.3 Å². The van der Waals surface area contributed by atoms with Crippen LogP contribution in [-0.2, 0) is 6.54 Å². The third-order valence-corrected chi connectivity index (χ3v) is 2.57. The highest BCUT2D eigenvalue weighted by atomic mass is 35.5. The molecule has 0 fully saturated rings. The number of nitrogens with one attached hydrogen (secondary N) is 2. The quantitative estimate of drug-likeness (QED) is 0.811. The van der Waals surface area contributed by atoms with Crippen molar-refractivity contribution in [3.63, 3.8) is 0 Å². The van der Waals surface area contributed by atoms with Gasteiger partial charge in [0, 0.05) is 12.2 Å². The molecule has 0 bridgehead atoms. The van der Waals surface area contributed by atoms with Crippen molar-refractivity contribution in [3.05, 3.63) is 64.9 Å². The Bertz CT molecular complexity index is 488. The highest BCUT2D eigenvalue weighted by molar-refractivity contribution is 6.30. The lowest BCUT2D eigenvalue weighted by atomic mass is 10.2. The molecule has 2 aromatic rings. The van der Waals surface area contributed by atoms with Crippen LogP contribution in [0.1, 0.15) is 5.56 Å². The lowest BCUT2D eigenvalue weighted by molar-refractivity contribution is 0.626. The van der Waals surface area contributed by atoms with E-state index in [1.54, 1.807) is 12.1 Å². The maximum absolute atomic E-state index is 12.9. The lowest BCUT2D eigenvalue weighted by Gasteiger charge is -2.08. The van der Waals surface area contributed by atoms with Crippen LogP contribution >= 0.6 is 11.6 Å². The lowest BCUT2D eigenvalue weighted by Crippen LogP contribution is -2.20. The van der Waals surface area contributed by atoms with Crippen molar-refractivity contribution < 1.29 is 4.39 Å². The number of hydrogen-bond acceptors (Lipinski definition) is 2. The van der Waals surface area contributed by atoms with Gasteiger partial charge in [-0.1, -0.05) is 35.9 Å². The van der Waals surface area contributed by atoms with E-state index in [1.807, 2.05) is 30.3 Å². The van der Waals surface area contributed by atoms with E-state index in [0.29, 0.717) is 6.54 Å². The van der Waals surface area contributed by atoms with Gasteiger partial charge in [-0.25, -0.2) is 9.82 Å². The summed E-state index contributed by atoms with van der Waals surface area (Å²) in [6.07, 6.45) is 0. The molecule has 0 heterocycles. The molecule has 0 aliphatic heterocycles. The first kappa shape index (κ1) is 11.9. The highest BCUT2D eigenvalue weighted by Gasteiger charge is 2.00. The topological polar surface area (TPSA) is 24.1 Å². The number of hydrogen-bond donors (Lipinski definition) is 2. The molecule has 2 N–H and O–H groups in total. The summed E-state index contributed by atoms with van der Waals surface area (Å²) >= 11 is 5.69. The second-order valence-corrected chi connectivity index (χ2v) is 4.00. The Morgan fingerprint density at radius 3 is 2.53 bits per heavy atom. The van der Waals surface area contributed by atoms with Crippen LogP contribution in [0.25, 0.3) is 0 Å². The first-order valence-corrected chi connectivity index (χ1v) is 5.61. The molecule has 2 nitrogen and oxygen atoms in total. The van der Waals surface area contributed by atoms with E-state index in [4.69, 9.17) is 11.6 Å². The Morgan fingerprint density at radius 2 is 1.82 bits per heavy atom. The zero-order valence-corrected chi connectivity index (χ0v) is 9.84. The van der Waals surface area contributed by atoms with Crippen LogP contribution in [-0.4, -0.2) is 0 Å². The van der Waals surface area contributed by atoms with E-state index in [1.165, 1.54) is 6.07 Å². The van der Waals surface area contributed by atoms with E-state index in [-0.39, 0.29) is 5.02 Å². The molecule has 0 aliphatic rings. The number of para-hydroxylation sites is 1. The van der Waals surface area contributed by atoms with Crippen molar-refractivity contribution in [3.8, 4) is 0 Å². The fraction of sp³-hybridized carbons (Fsp3) is 0.0769. The van der Waals surface area contributed by atoms with Crippen molar-refractivity contribution in [2.45, 2.75) is 6.54 Å². The summed E-state index contributed by atoms with van der Waals surface area (Å²) in [5, 5.41) is 0.143. The Kier molecular flexibility index (Phi) is 3.96. The molecule has 0 aromatic heterocycles. The number of benzene rings is 2. The van der Waals surface area contributed by atoms with Crippen molar-refractivity contribution >= 4 is 17.3 Å². The summed E-state index contributed by atoms with van der Waals surface area (Å²) in [4.78, 5) is 0. The molecular weight excluding hydrogens is 239 g/mol. The second-order valence-electron chi connectivity index (χ2n) is 3.59. The van der Waals surface area contributed by atoms with E-state index in [9.17, 15) is 4.39 Å². The molecule has 88 valence electrons. The summed E-state index contributed by atoms with van der Waals surface area (Å²) in [5.41, 5.74) is 7.96. The van der Waals surface area contributed by atoms with Gasteiger partial charge in [0.05, 0.1) is 5.02 Å². The second kappa shape index (κ2) is 5.66. The van der Waals surface area contributed by atoms with Crippen LogP contribution in [0.2, 0.25) is 5.02 Å². The Balaban J connectivity index is 1.88. The smallest absolute Gasteiger partial charge is 0.141 e. The number of anilines is 1. The van der Waals surface area contributed by atoms with Gasteiger partial charge in [0.2, 0.25) is 0 Å². The van der Waals surface area contributed by atoms with Gasteiger partial charge in [-0.3, -0.25) is 0 Å². The molecule has 0 atom stereocenters. The molecule has 0 aliphatic carbocycles. The molecule has 0 spiro atoms. The summed E-state index contributed by atoms with van der Waals surface area (Å²) in [7, 11) is 0. The van der Waals surface area contributed by atoms with Gasteiger partial charge in [0.25, 0.3) is 0 Å². The van der Waals surface area contributed by atoms with Gasteiger partial charge in [0.1, 0.15) is 5.82 Å². The van der Waals surface area contributed by atoms with E-state index in [2.05, 4.69) is 10.9 Å². The molecule has 2 aromatic carbocycles. The largest absolute Gasteiger partial charge is 0.321 e. The number of rotatable bonds is 4. The van der Waals surface area contributed by atoms with Crippen LogP contribution in [0.4, 0.5) is 10.1 Å². The minimum atomic E-state index is -0.397. The number of halogens is 2. The predicted molar refractivity (Wildman–Crippen MR) is 68.3 cm³/mol. The summed E-state index contributed by atoms with van der Waals surface area (Å²) < 4.78 is 12.9. The molecule has 0 amide bonds. The average molecular weight is 251 g/mol. The van der Waals surface area contributed by atoms with Crippen molar-refractivity contribution in [2.24, 2.45) is 0 Å². The minimum absolute atomic E-state index is 0.143. The van der Waals surface area contributed by atoms with Crippen molar-refractivity contribution in [1.29, 1.82) is 0 Å². The molecular formula is C13H12ClFN2. The zero-order chi connectivity index (χ0) is 12.1. The predicted octanol–water partition coefficient (Wildman–Crippen LogP) is 3.60. The highest BCUT2D eigenvalue weighted by Crippen LogP contribution is 2.15. The monoisotopic (exact) mass is 250 g/mol. The average Bonchev–Trinajstić information content (AvgIpc) is 2.35. The van der Waals surface area contributed by atoms with Gasteiger partial charge < -0.3 is 5.43 Å². The Hall–Kier alpha value is -1.58. The SMILES string of the molecule is Fc1ccc(CNNc2ccccc2)cc1Cl. The Labute approximate surface area is 104 Å². The standard InChI is InChI=1S/C13H12ClFN2/c14-12-8-10(6-7-13(12)15)9-16-17-11-4-2-1-3-5-11/h1-8,16-17H,9H2. The molecule has 0 radical (unpaired) electrons. The minimum Gasteiger partial charge on any atom is -0.321 e. The summed E-state index contributed by atoms with van der Waals surface area (Å²) in [6.45, 7) is 0.564.